The molecule has 0 amide bonds. The van der Waals surface area contributed by atoms with Gasteiger partial charge in [-0.2, -0.15) is 9.40 Å². The van der Waals surface area contributed by atoms with Gasteiger partial charge >= 0.3 is 5.97 Å². The maximum absolute atomic E-state index is 13.1. The quantitative estimate of drug-likeness (QED) is 0.474. The van der Waals surface area contributed by atoms with Crippen LogP contribution in [0.1, 0.15) is 60.3 Å². The fourth-order valence-corrected chi connectivity index (χ4v) is 5.61. The minimum absolute atomic E-state index is 0.0355. The molecule has 1 aromatic carbocycles. The summed E-state index contributed by atoms with van der Waals surface area (Å²) in [5.74, 6) is -0.104. The van der Waals surface area contributed by atoms with Crippen LogP contribution >= 0.6 is 0 Å². The molecule has 180 valence electrons. The average molecular weight is 485 g/mol. The third-order valence-corrected chi connectivity index (χ3v) is 8.06. The normalized spacial score (nSPS) is 17.4. The van der Waals surface area contributed by atoms with E-state index in [1.807, 2.05) is 24.6 Å². The number of hydrogen-bond donors (Lipinski definition) is 0. The maximum atomic E-state index is 13.1. The average Bonchev–Trinajstić information content (AvgIpc) is 3.61. The Balaban J connectivity index is 1.37. The number of morpholine rings is 1. The number of rotatable bonds is 7. The minimum atomic E-state index is -3.62. The summed E-state index contributed by atoms with van der Waals surface area (Å²) in [7, 11) is -3.62. The lowest BCUT2D eigenvalue weighted by Gasteiger charge is -2.26. The Morgan fingerprint density at radius 1 is 1.21 bits per heavy atom. The van der Waals surface area contributed by atoms with E-state index in [0.717, 1.165) is 18.5 Å². The van der Waals surface area contributed by atoms with Crippen molar-refractivity contribution in [3.05, 3.63) is 53.3 Å². The van der Waals surface area contributed by atoms with Crippen molar-refractivity contribution in [1.82, 2.24) is 19.1 Å². The van der Waals surface area contributed by atoms with E-state index in [1.54, 1.807) is 30.5 Å². The SMILES string of the molecule is CC(C)n1ncc2c(C(=O)OCc3cccc(S(=O)(=O)N4CCOCC4)c3)cc(C3CC3)nc21. The number of carbonyl (C=O) groups excluding carboxylic acids is 1. The summed E-state index contributed by atoms with van der Waals surface area (Å²) in [4.78, 5) is 18.1. The van der Waals surface area contributed by atoms with E-state index in [1.165, 1.54) is 4.31 Å². The molecule has 10 heteroatoms. The van der Waals surface area contributed by atoms with Gasteiger partial charge in [0.15, 0.2) is 5.65 Å². The van der Waals surface area contributed by atoms with Crippen molar-refractivity contribution in [2.24, 2.45) is 0 Å². The molecule has 0 spiro atoms. The number of pyridine rings is 1. The first-order chi connectivity index (χ1) is 16.3. The monoisotopic (exact) mass is 484 g/mol. The van der Waals surface area contributed by atoms with Gasteiger partial charge in [-0.1, -0.05) is 12.1 Å². The molecule has 2 fully saturated rings. The second-order valence-electron chi connectivity index (χ2n) is 9.03. The Morgan fingerprint density at radius 3 is 2.68 bits per heavy atom. The summed E-state index contributed by atoms with van der Waals surface area (Å²) < 4.78 is 40.0. The Hall–Kier alpha value is -2.82. The number of carbonyl (C=O) groups is 1. The molecule has 0 bridgehead atoms. The van der Waals surface area contributed by atoms with Crippen molar-refractivity contribution in [2.45, 2.75) is 50.2 Å². The van der Waals surface area contributed by atoms with E-state index in [0.29, 0.717) is 54.4 Å². The lowest BCUT2D eigenvalue weighted by Crippen LogP contribution is -2.40. The van der Waals surface area contributed by atoms with Gasteiger partial charge in [0.05, 0.1) is 35.3 Å². The Morgan fingerprint density at radius 2 is 1.97 bits per heavy atom. The summed E-state index contributed by atoms with van der Waals surface area (Å²) >= 11 is 0. The van der Waals surface area contributed by atoms with Crippen molar-refractivity contribution in [2.75, 3.05) is 26.3 Å². The van der Waals surface area contributed by atoms with E-state index < -0.39 is 16.0 Å². The highest BCUT2D eigenvalue weighted by atomic mass is 32.2. The summed E-state index contributed by atoms with van der Waals surface area (Å²) in [6.07, 6.45) is 3.78. The molecule has 3 heterocycles. The molecule has 2 aromatic heterocycles. The third kappa shape index (κ3) is 4.45. The van der Waals surface area contributed by atoms with Crippen LogP contribution in [-0.4, -0.2) is 59.8 Å². The Bertz CT molecular complexity index is 1320. The number of ether oxygens (including phenoxy) is 2. The van der Waals surface area contributed by atoms with Crippen LogP contribution in [0.2, 0.25) is 0 Å². The van der Waals surface area contributed by atoms with Crippen LogP contribution in [-0.2, 0) is 26.1 Å². The molecule has 0 radical (unpaired) electrons. The first-order valence-electron chi connectivity index (χ1n) is 11.6. The van der Waals surface area contributed by atoms with Crippen molar-refractivity contribution in [3.8, 4) is 0 Å². The summed E-state index contributed by atoms with van der Waals surface area (Å²) in [6, 6.07) is 8.46. The van der Waals surface area contributed by atoms with Crippen LogP contribution in [0, 0.1) is 0 Å². The molecule has 9 nitrogen and oxygen atoms in total. The molecule has 2 aliphatic rings. The van der Waals surface area contributed by atoms with Gasteiger partial charge in [-0.3, -0.25) is 0 Å². The molecule has 1 aliphatic heterocycles. The molecule has 0 unspecified atom stereocenters. The first-order valence-corrected chi connectivity index (χ1v) is 13.0. The topological polar surface area (TPSA) is 104 Å². The van der Waals surface area contributed by atoms with Gasteiger partial charge in [0, 0.05) is 30.7 Å². The van der Waals surface area contributed by atoms with Crippen LogP contribution in [0.3, 0.4) is 0 Å². The lowest BCUT2D eigenvalue weighted by atomic mass is 10.1. The van der Waals surface area contributed by atoms with Crippen molar-refractivity contribution in [1.29, 1.82) is 0 Å². The third-order valence-electron chi connectivity index (χ3n) is 6.17. The molecule has 1 saturated heterocycles. The first kappa shape index (κ1) is 22.9. The van der Waals surface area contributed by atoms with E-state index in [4.69, 9.17) is 14.5 Å². The molecule has 34 heavy (non-hydrogen) atoms. The van der Waals surface area contributed by atoms with Gasteiger partial charge in [0.2, 0.25) is 10.0 Å². The number of esters is 1. The van der Waals surface area contributed by atoms with Crippen molar-refractivity contribution in [3.63, 3.8) is 0 Å². The largest absolute Gasteiger partial charge is 0.457 e. The molecule has 0 N–H and O–H groups in total. The molecule has 3 aromatic rings. The number of sulfonamides is 1. The Labute approximate surface area is 198 Å². The molecular weight excluding hydrogens is 456 g/mol. The second-order valence-corrected chi connectivity index (χ2v) is 11.0. The van der Waals surface area contributed by atoms with E-state index in [9.17, 15) is 13.2 Å². The summed E-state index contributed by atoms with van der Waals surface area (Å²) in [6.45, 7) is 5.42. The molecule has 0 atom stereocenters. The van der Waals surface area contributed by atoms with Gasteiger partial charge in [-0.15, -0.1) is 0 Å². The fourth-order valence-electron chi connectivity index (χ4n) is 4.13. The highest BCUT2D eigenvalue weighted by Crippen LogP contribution is 2.40. The lowest BCUT2D eigenvalue weighted by molar-refractivity contribution is 0.0474. The van der Waals surface area contributed by atoms with E-state index >= 15 is 0 Å². The number of nitrogens with zero attached hydrogens (tertiary/aromatic N) is 4. The molecule has 1 saturated carbocycles. The van der Waals surface area contributed by atoms with Gasteiger partial charge in [0.25, 0.3) is 0 Å². The molecule has 1 aliphatic carbocycles. The number of fused-ring (bicyclic) bond motifs is 1. The van der Waals surface area contributed by atoms with Crippen molar-refractivity contribution < 1.29 is 22.7 Å². The van der Waals surface area contributed by atoms with E-state index in [2.05, 4.69) is 5.10 Å². The zero-order valence-electron chi connectivity index (χ0n) is 19.3. The van der Waals surface area contributed by atoms with Gasteiger partial charge < -0.3 is 9.47 Å². The molecular formula is C24H28N4O5S. The number of aromatic nitrogens is 3. The van der Waals surface area contributed by atoms with Gasteiger partial charge in [-0.25, -0.2) is 22.9 Å². The van der Waals surface area contributed by atoms with Crippen LogP contribution in [0.4, 0.5) is 0 Å². The predicted octanol–water partition coefficient (Wildman–Crippen LogP) is 3.27. The zero-order chi connectivity index (χ0) is 23.9. The van der Waals surface area contributed by atoms with Gasteiger partial charge in [0.1, 0.15) is 6.61 Å². The van der Waals surface area contributed by atoms with Crippen LogP contribution in [0.25, 0.3) is 11.0 Å². The standard InChI is InChI=1S/C24H28N4O5S/c1-16(2)28-23-21(14-25-28)20(13-22(26-23)18-6-7-18)24(29)33-15-17-4-3-5-19(12-17)34(30,31)27-8-10-32-11-9-27/h3-5,12-14,16,18H,6-11,15H2,1-2H3. The fraction of sp³-hybridized carbons (Fsp3) is 0.458. The smallest absolute Gasteiger partial charge is 0.339 e. The Kier molecular flexibility index (Phi) is 6.13. The van der Waals surface area contributed by atoms with E-state index in [-0.39, 0.29) is 17.5 Å². The number of benzene rings is 1. The summed E-state index contributed by atoms with van der Waals surface area (Å²) in [5, 5.41) is 5.09. The van der Waals surface area contributed by atoms with Gasteiger partial charge in [-0.05, 0) is 50.5 Å². The predicted molar refractivity (Wildman–Crippen MR) is 125 cm³/mol. The minimum Gasteiger partial charge on any atom is -0.457 e. The molecule has 5 rings (SSSR count). The highest BCUT2D eigenvalue weighted by Gasteiger charge is 2.29. The maximum Gasteiger partial charge on any atom is 0.339 e. The second kappa shape index (κ2) is 9.09. The summed E-state index contributed by atoms with van der Waals surface area (Å²) in [5.41, 5.74) is 2.62. The van der Waals surface area contributed by atoms with Crippen LogP contribution in [0.15, 0.2) is 41.4 Å². The van der Waals surface area contributed by atoms with Crippen LogP contribution in [0.5, 0.6) is 0 Å². The zero-order valence-corrected chi connectivity index (χ0v) is 20.1. The highest BCUT2D eigenvalue weighted by molar-refractivity contribution is 7.89. The van der Waals surface area contributed by atoms with Crippen LogP contribution < -0.4 is 0 Å². The number of hydrogen-bond acceptors (Lipinski definition) is 7. The van der Waals surface area contributed by atoms with Crippen molar-refractivity contribution >= 4 is 27.0 Å².